The van der Waals surface area contributed by atoms with Crippen LogP contribution in [0.2, 0.25) is 0 Å². The summed E-state index contributed by atoms with van der Waals surface area (Å²) < 4.78 is 7.18. The van der Waals surface area contributed by atoms with Gasteiger partial charge >= 0.3 is 56.0 Å². The second-order valence-electron chi connectivity index (χ2n) is 1.30. The Bertz CT molecular complexity index is 233. The van der Waals surface area contributed by atoms with Gasteiger partial charge in [0.2, 0.25) is 0 Å². The number of nitrogens with zero attached hydrogens (tertiary/aromatic N) is 2. The number of nitrogens with two attached hydrogens (primary N) is 1. The van der Waals surface area contributed by atoms with Crippen LogP contribution in [0.4, 0.5) is 5.82 Å². The normalized spacial score (nSPS) is 9.33. The van der Waals surface area contributed by atoms with Gasteiger partial charge in [-0.3, -0.25) is 0 Å². The molecule has 48 valence electrons. The molecule has 0 aliphatic rings. The molecule has 1 rings (SSSR count). The number of anilines is 1. The van der Waals surface area contributed by atoms with Gasteiger partial charge in [0.15, 0.2) is 0 Å². The van der Waals surface area contributed by atoms with E-state index in [0.29, 0.717) is 0 Å². The molecule has 0 aliphatic heterocycles. The number of carboxylic acids is 1. The number of hydrogen-bond donors (Lipinski definition) is 2. The van der Waals surface area contributed by atoms with E-state index in [1.165, 1.54) is 0 Å². The van der Waals surface area contributed by atoms with Gasteiger partial charge in [0.05, 0.1) is 0 Å². The van der Waals surface area contributed by atoms with Crippen molar-refractivity contribution < 1.29 is 9.90 Å². The van der Waals surface area contributed by atoms with Gasteiger partial charge in [0, 0.05) is 0 Å². The third-order valence-electron chi connectivity index (χ3n) is 0.716. The topological polar surface area (TPSA) is 89.1 Å². The number of carboxylic acid groups (broad SMARTS) is 1. The zero-order chi connectivity index (χ0) is 6.85. The summed E-state index contributed by atoms with van der Waals surface area (Å²) in [6, 6.07) is 0. The van der Waals surface area contributed by atoms with E-state index in [2.05, 4.69) is 7.96 Å². The van der Waals surface area contributed by atoms with Gasteiger partial charge < -0.3 is 0 Å². The Balaban J connectivity index is 3.08. The van der Waals surface area contributed by atoms with Crippen LogP contribution in [0.15, 0.2) is 0 Å². The maximum absolute atomic E-state index is 10.1. The molecule has 1 heterocycles. The SMILES string of the molecule is Nc1n[se]nc1C(=O)O. The summed E-state index contributed by atoms with van der Waals surface area (Å²) in [5.74, 6) is -1.06. The molecule has 0 aromatic carbocycles. The van der Waals surface area contributed by atoms with Crippen molar-refractivity contribution in [3.05, 3.63) is 5.69 Å². The first-order chi connectivity index (χ1) is 4.22. The Kier molecular flexibility index (Phi) is 1.50. The Hall–Kier alpha value is -0.871. The summed E-state index contributed by atoms with van der Waals surface area (Å²) in [5.41, 5.74) is 5.03. The number of hydrogen-bond acceptors (Lipinski definition) is 4. The molecule has 0 bridgehead atoms. The van der Waals surface area contributed by atoms with Gasteiger partial charge in [-0.25, -0.2) is 0 Å². The first kappa shape index (κ1) is 6.25. The zero-order valence-corrected chi connectivity index (χ0v) is 5.95. The average Bonchev–Trinajstić information content (AvgIpc) is 2.13. The van der Waals surface area contributed by atoms with Crippen molar-refractivity contribution in [2.45, 2.75) is 0 Å². The van der Waals surface area contributed by atoms with E-state index in [1.807, 2.05) is 0 Å². The van der Waals surface area contributed by atoms with Gasteiger partial charge in [-0.15, -0.1) is 0 Å². The molecule has 0 radical (unpaired) electrons. The molecular formula is C3H3N3O2Se. The van der Waals surface area contributed by atoms with Gasteiger partial charge in [-0.2, -0.15) is 0 Å². The van der Waals surface area contributed by atoms with Crippen molar-refractivity contribution in [3.63, 3.8) is 0 Å². The number of carbonyl (C=O) groups is 1. The first-order valence-corrected chi connectivity index (χ1v) is 3.56. The molecule has 0 saturated carbocycles. The number of nitrogen functional groups attached to an aromatic ring is 1. The summed E-state index contributed by atoms with van der Waals surface area (Å²) in [6.07, 6.45) is 0. The van der Waals surface area contributed by atoms with E-state index in [1.54, 1.807) is 0 Å². The quantitative estimate of drug-likeness (QED) is 0.546. The Morgan fingerprint density at radius 1 is 1.67 bits per heavy atom. The standard InChI is InChI=1S/C3H3N3O2Se/c4-2-1(3(7)8)5-9-6-2/h(H2,4,6)(H,7,8). The molecule has 1 aromatic heterocycles. The van der Waals surface area contributed by atoms with Crippen LogP contribution in [-0.4, -0.2) is 34.0 Å². The molecule has 0 fully saturated rings. The molecule has 6 heteroatoms. The molecule has 0 spiro atoms. The van der Waals surface area contributed by atoms with Crippen LogP contribution in [0.1, 0.15) is 10.5 Å². The first-order valence-electron chi connectivity index (χ1n) is 2.03. The monoisotopic (exact) mass is 193 g/mol. The Morgan fingerprint density at radius 3 is 2.56 bits per heavy atom. The van der Waals surface area contributed by atoms with E-state index in [4.69, 9.17) is 10.8 Å². The van der Waals surface area contributed by atoms with Crippen LogP contribution < -0.4 is 5.73 Å². The van der Waals surface area contributed by atoms with Crippen LogP contribution in [0.5, 0.6) is 0 Å². The second kappa shape index (κ2) is 2.16. The van der Waals surface area contributed by atoms with E-state index in [-0.39, 0.29) is 26.5 Å². The maximum atomic E-state index is 10.1. The van der Waals surface area contributed by atoms with Gasteiger partial charge in [-0.1, -0.05) is 0 Å². The van der Waals surface area contributed by atoms with Crippen LogP contribution in [0.3, 0.4) is 0 Å². The van der Waals surface area contributed by atoms with Crippen molar-refractivity contribution >= 4 is 26.7 Å². The van der Waals surface area contributed by atoms with Gasteiger partial charge in [-0.05, 0) is 0 Å². The fourth-order valence-electron chi connectivity index (χ4n) is 0.344. The molecule has 0 amide bonds. The van der Waals surface area contributed by atoms with E-state index < -0.39 is 5.97 Å². The summed E-state index contributed by atoms with van der Waals surface area (Å²) in [4.78, 5) is 10.1. The van der Waals surface area contributed by atoms with Crippen molar-refractivity contribution in [2.24, 2.45) is 0 Å². The molecule has 1 aromatic rings. The molecule has 5 nitrogen and oxygen atoms in total. The van der Waals surface area contributed by atoms with Crippen molar-refractivity contribution in [1.82, 2.24) is 7.96 Å². The zero-order valence-electron chi connectivity index (χ0n) is 4.24. The molecule has 0 unspecified atom stereocenters. The van der Waals surface area contributed by atoms with Crippen LogP contribution >= 0.6 is 0 Å². The van der Waals surface area contributed by atoms with E-state index >= 15 is 0 Å². The fraction of sp³-hybridized carbons (Fsp3) is 0. The molecule has 3 N–H and O–H groups in total. The summed E-state index contributed by atoms with van der Waals surface area (Å²) >= 11 is -0.336. The number of aromatic carboxylic acids is 1. The van der Waals surface area contributed by atoms with Crippen molar-refractivity contribution in [2.75, 3.05) is 5.73 Å². The van der Waals surface area contributed by atoms with Gasteiger partial charge in [0.25, 0.3) is 0 Å². The molecule has 0 atom stereocenters. The second-order valence-corrected chi connectivity index (χ2v) is 2.41. The van der Waals surface area contributed by atoms with Gasteiger partial charge in [0.1, 0.15) is 0 Å². The average molecular weight is 192 g/mol. The van der Waals surface area contributed by atoms with Crippen molar-refractivity contribution in [3.8, 4) is 0 Å². The minimum atomic E-state index is -1.10. The summed E-state index contributed by atoms with van der Waals surface area (Å²) in [6.45, 7) is 0. The molecule has 9 heavy (non-hydrogen) atoms. The molecular weight excluding hydrogens is 189 g/mol. The van der Waals surface area contributed by atoms with Crippen LogP contribution in [0.25, 0.3) is 0 Å². The fourth-order valence-corrected chi connectivity index (χ4v) is 1.33. The Labute approximate surface area is 56.7 Å². The number of rotatable bonds is 1. The van der Waals surface area contributed by atoms with Crippen LogP contribution in [-0.2, 0) is 0 Å². The predicted octanol–water partition coefficient (Wildman–Crippen LogP) is -1.19. The minimum absolute atomic E-state index is 0.0440. The molecule has 0 saturated heterocycles. The molecule has 0 aliphatic carbocycles. The summed E-state index contributed by atoms with van der Waals surface area (Å²) in [5, 5.41) is 8.30. The third kappa shape index (κ3) is 1.09. The van der Waals surface area contributed by atoms with Crippen LogP contribution in [0, 0.1) is 0 Å². The van der Waals surface area contributed by atoms with Crippen molar-refractivity contribution in [1.29, 1.82) is 0 Å². The summed E-state index contributed by atoms with van der Waals surface area (Å²) in [7, 11) is 0. The predicted molar refractivity (Wildman–Crippen MR) is 30.3 cm³/mol. The third-order valence-corrected chi connectivity index (χ3v) is 1.85. The van der Waals surface area contributed by atoms with E-state index in [9.17, 15) is 4.79 Å². The van der Waals surface area contributed by atoms with E-state index in [0.717, 1.165) is 0 Å². The Morgan fingerprint density at radius 2 is 2.33 bits per heavy atom. The number of aromatic nitrogens is 2.